The van der Waals surface area contributed by atoms with Gasteiger partial charge in [-0.2, -0.15) is 0 Å². The van der Waals surface area contributed by atoms with E-state index < -0.39 is 11.9 Å². The molecule has 21 heavy (non-hydrogen) atoms. The number of ether oxygens (including phenoxy) is 1. The smallest absolute Gasteiger partial charge is 1.00 e. The Morgan fingerprint density at radius 2 is 1.38 bits per heavy atom. The van der Waals surface area contributed by atoms with Crippen LogP contribution in [-0.4, -0.2) is 46.7 Å². The molecule has 0 unspecified atom stereocenters. The van der Waals surface area contributed by atoms with E-state index in [1.165, 1.54) is 51.4 Å². The summed E-state index contributed by atoms with van der Waals surface area (Å²) >= 11 is 0. The Labute approximate surface area is 147 Å². The molecule has 0 spiro atoms. The normalized spacial score (nSPS) is 10.3. The van der Waals surface area contributed by atoms with Crippen molar-refractivity contribution in [3.8, 4) is 0 Å². The topological polar surface area (TPSA) is 63.6 Å². The number of unbranched alkanes of at least 4 members (excludes halogenated alkanes) is 9. The zero-order valence-electron chi connectivity index (χ0n) is 15.3. The quantitative estimate of drug-likeness (QED) is 0.242. The second kappa shape index (κ2) is 17.5. The second-order valence-electron chi connectivity index (χ2n) is 5.02. The van der Waals surface area contributed by atoms with Crippen LogP contribution in [0.5, 0.6) is 0 Å². The monoisotopic (exact) mass is 310 g/mol. The van der Waals surface area contributed by atoms with E-state index in [0.717, 1.165) is 25.0 Å². The molecule has 0 atom stereocenters. The van der Waals surface area contributed by atoms with Crippen LogP contribution in [0.1, 0.15) is 74.0 Å². The van der Waals surface area contributed by atoms with Gasteiger partial charge in [-0.05, 0) is 6.42 Å². The average Bonchev–Trinajstić information content (AvgIpc) is 2.42. The molecule has 0 saturated heterocycles. The van der Waals surface area contributed by atoms with Crippen LogP contribution in [0.3, 0.4) is 0 Å². The summed E-state index contributed by atoms with van der Waals surface area (Å²) in [4.78, 5) is 21.2. The first-order chi connectivity index (χ1) is 9.66. The first-order valence-electron chi connectivity index (χ1n) is 7.74. The van der Waals surface area contributed by atoms with E-state index in [9.17, 15) is 9.59 Å². The van der Waals surface area contributed by atoms with Gasteiger partial charge in [-0.3, -0.25) is 0 Å². The van der Waals surface area contributed by atoms with E-state index in [-0.39, 0.29) is 25.9 Å². The van der Waals surface area contributed by atoms with Gasteiger partial charge < -0.3 is 12.7 Å². The maximum Gasteiger partial charge on any atom is 2.00 e. The summed E-state index contributed by atoms with van der Waals surface area (Å²) in [5, 5.41) is 8.33. The summed E-state index contributed by atoms with van der Waals surface area (Å²) in [6.07, 6.45) is 14.0. The zero-order valence-corrected chi connectivity index (χ0v) is 14.7. The van der Waals surface area contributed by atoms with Gasteiger partial charge in [0.25, 0.3) is 0 Å². The average molecular weight is 311 g/mol. The van der Waals surface area contributed by atoms with Crippen molar-refractivity contribution in [3.05, 3.63) is 12.2 Å². The number of hydrogen-bond acceptors (Lipinski definition) is 3. The van der Waals surface area contributed by atoms with Crippen molar-refractivity contribution >= 4 is 35.0 Å². The molecular weight excluding hydrogens is 280 g/mol. The van der Waals surface area contributed by atoms with Gasteiger partial charge in [0.15, 0.2) is 0 Å². The standard InChI is InChI=1S/C16H28O4.Mg.2H/c1-2-3-4-5-6-7-8-9-10-11-14-20-16(19)13-12-15(17)18;;;/h12-13H,2-11,14H2,1H3,(H,17,18);;;/q;+2;2*-1/b13-12-;;;. The van der Waals surface area contributed by atoms with Crippen molar-refractivity contribution in [2.75, 3.05) is 6.61 Å². The molecule has 0 aromatic carbocycles. The van der Waals surface area contributed by atoms with Crippen LogP contribution in [-0.2, 0) is 14.3 Å². The van der Waals surface area contributed by atoms with Gasteiger partial charge in [-0.1, -0.05) is 64.7 Å². The number of aliphatic carboxylic acids is 1. The van der Waals surface area contributed by atoms with Crippen molar-refractivity contribution in [3.63, 3.8) is 0 Å². The molecule has 1 N–H and O–H groups in total. The first kappa shape index (κ1) is 22.7. The Bertz CT molecular complexity index is 300. The third kappa shape index (κ3) is 19.4. The maximum atomic E-state index is 11.0. The molecule has 0 aliphatic carbocycles. The summed E-state index contributed by atoms with van der Waals surface area (Å²) in [7, 11) is 0. The molecule has 120 valence electrons. The van der Waals surface area contributed by atoms with E-state index in [4.69, 9.17) is 9.84 Å². The molecule has 0 bridgehead atoms. The second-order valence-corrected chi connectivity index (χ2v) is 5.02. The van der Waals surface area contributed by atoms with Crippen molar-refractivity contribution in [1.82, 2.24) is 0 Å². The van der Waals surface area contributed by atoms with Gasteiger partial charge in [0.1, 0.15) is 0 Å². The Morgan fingerprint density at radius 3 is 1.86 bits per heavy atom. The van der Waals surface area contributed by atoms with Crippen LogP contribution in [0.25, 0.3) is 0 Å². The molecule has 0 aliphatic heterocycles. The van der Waals surface area contributed by atoms with Crippen molar-refractivity contribution < 1.29 is 22.3 Å². The van der Waals surface area contributed by atoms with Gasteiger partial charge in [0.05, 0.1) is 6.61 Å². The van der Waals surface area contributed by atoms with Crippen LogP contribution < -0.4 is 0 Å². The minimum Gasteiger partial charge on any atom is -1.00 e. The Hall–Kier alpha value is -0.554. The maximum absolute atomic E-state index is 11.0. The predicted octanol–water partition coefficient (Wildman–Crippen LogP) is 3.94. The van der Waals surface area contributed by atoms with Crippen LogP contribution >= 0.6 is 0 Å². The molecule has 0 aromatic heterocycles. The van der Waals surface area contributed by atoms with Crippen LogP contribution in [0.4, 0.5) is 0 Å². The van der Waals surface area contributed by atoms with Crippen molar-refractivity contribution in [2.45, 2.75) is 71.1 Å². The van der Waals surface area contributed by atoms with Crippen LogP contribution in [0, 0.1) is 0 Å². The summed E-state index contributed by atoms with van der Waals surface area (Å²) in [5.41, 5.74) is 0. The van der Waals surface area contributed by atoms with Crippen molar-refractivity contribution in [2.24, 2.45) is 0 Å². The fraction of sp³-hybridized carbons (Fsp3) is 0.750. The van der Waals surface area contributed by atoms with E-state index in [0.29, 0.717) is 6.61 Å². The van der Waals surface area contributed by atoms with E-state index in [1.807, 2.05) is 0 Å². The molecule has 0 saturated carbocycles. The molecule has 0 amide bonds. The van der Waals surface area contributed by atoms with Gasteiger partial charge in [-0.15, -0.1) is 0 Å². The van der Waals surface area contributed by atoms with Gasteiger partial charge in [0, 0.05) is 12.2 Å². The number of carboxylic acids is 1. The van der Waals surface area contributed by atoms with E-state index in [1.54, 1.807) is 0 Å². The molecule has 0 aliphatic rings. The first-order valence-corrected chi connectivity index (χ1v) is 7.74. The van der Waals surface area contributed by atoms with Crippen molar-refractivity contribution in [1.29, 1.82) is 0 Å². The SMILES string of the molecule is CCCCCCCCCCCCOC(=O)/C=C\C(=O)O.[H-].[H-].[Mg+2]. The van der Waals surface area contributed by atoms with E-state index in [2.05, 4.69) is 6.92 Å². The van der Waals surface area contributed by atoms with Gasteiger partial charge >= 0.3 is 35.0 Å². The zero-order chi connectivity index (χ0) is 15.1. The Morgan fingerprint density at radius 1 is 0.905 bits per heavy atom. The van der Waals surface area contributed by atoms with E-state index >= 15 is 0 Å². The molecule has 0 heterocycles. The third-order valence-corrected chi connectivity index (χ3v) is 3.10. The number of rotatable bonds is 13. The predicted molar refractivity (Wildman–Crippen MR) is 87.6 cm³/mol. The summed E-state index contributed by atoms with van der Waals surface area (Å²) < 4.78 is 4.88. The third-order valence-electron chi connectivity index (χ3n) is 3.10. The largest absolute Gasteiger partial charge is 2.00 e. The molecule has 0 rings (SSSR count). The van der Waals surface area contributed by atoms with Crippen LogP contribution in [0.15, 0.2) is 12.2 Å². The Kier molecular flexibility index (Phi) is 18.9. The molecule has 0 aromatic rings. The fourth-order valence-corrected chi connectivity index (χ4v) is 1.95. The Balaban J connectivity index is -0.000000602. The number of hydrogen-bond donors (Lipinski definition) is 1. The van der Waals surface area contributed by atoms with Gasteiger partial charge in [0.2, 0.25) is 0 Å². The molecular formula is C16H30MgO4. The van der Waals surface area contributed by atoms with Gasteiger partial charge in [-0.25, -0.2) is 9.59 Å². The minimum absolute atomic E-state index is 0. The number of esters is 1. The molecule has 4 nitrogen and oxygen atoms in total. The fourth-order valence-electron chi connectivity index (χ4n) is 1.95. The molecule has 0 fully saturated rings. The molecule has 5 heteroatoms. The minimum atomic E-state index is -1.14. The number of carbonyl (C=O) groups excluding carboxylic acids is 1. The summed E-state index contributed by atoms with van der Waals surface area (Å²) in [5.74, 6) is -1.72. The summed E-state index contributed by atoms with van der Waals surface area (Å²) in [6, 6.07) is 0. The number of carboxylic acid groups (broad SMARTS) is 1. The van der Waals surface area contributed by atoms with Crippen LogP contribution in [0.2, 0.25) is 0 Å². The summed E-state index contributed by atoms with van der Waals surface area (Å²) in [6.45, 7) is 2.60. The number of carbonyl (C=O) groups is 2. The molecule has 0 radical (unpaired) electrons.